The molecule has 3 N–H and O–H groups in total. The lowest BCUT2D eigenvalue weighted by molar-refractivity contribution is 0.405. The fraction of sp³-hybridized carbons (Fsp3) is 0. The van der Waals surface area contributed by atoms with Crippen molar-refractivity contribution in [2.45, 2.75) is 0 Å². The van der Waals surface area contributed by atoms with Crippen LogP contribution >= 0.6 is 20.7 Å². The lowest BCUT2D eigenvalue weighted by Gasteiger charge is -1.61. The molecule has 0 amide bonds. The number of hydrogen-bond acceptors (Lipinski definition) is 2. The number of aromatic nitrogens is 2. The van der Waals surface area contributed by atoms with E-state index in [9.17, 15) is 0 Å². The molecular formula is C3H8ClN2O3P. The predicted octanol–water partition coefficient (Wildman–Crippen LogP) is 0.192. The van der Waals surface area contributed by atoms with Crippen molar-refractivity contribution in [3.63, 3.8) is 0 Å². The number of hydrogen-bond donors (Lipinski definition) is 3. The van der Waals surface area contributed by atoms with Crippen molar-refractivity contribution < 1.29 is 14.4 Å². The number of halogens is 1. The van der Waals surface area contributed by atoms with Gasteiger partial charge in [0, 0.05) is 12.4 Å². The van der Waals surface area contributed by atoms with E-state index in [2.05, 4.69) is 10.2 Å². The first-order chi connectivity index (χ1) is 4.23. The van der Waals surface area contributed by atoms with E-state index in [0.29, 0.717) is 0 Å². The van der Waals surface area contributed by atoms with Gasteiger partial charge in [0.2, 0.25) is 0 Å². The molecule has 0 radical (unpaired) electrons. The third-order valence-electron chi connectivity index (χ3n) is 0.406. The van der Waals surface area contributed by atoms with Crippen molar-refractivity contribution >= 4 is 20.7 Å². The van der Waals surface area contributed by atoms with Crippen molar-refractivity contribution in [1.29, 1.82) is 0 Å². The molecule has 0 bridgehead atoms. The molecule has 0 aliphatic heterocycles. The fourth-order valence-corrected chi connectivity index (χ4v) is 0.215. The number of H-pyrrole nitrogens is 1. The van der Waals surface area contributed by atoms with Crippen LogP contribution in [0, 0.1) is 0 Å². The minimum Gasteiger partial charge on any atom is -0.326 e. The molecule has 5 nitrogen and oxygen atoms in total. The van der Waals surface area contributed by atoms with Crippen LogP contribution in [0.1, 0.15) is 0 Å². The Morgan fingerprint density at radius 2 is 2.00 bits per heavy atom. The second kappa shape index (κ2) is 8.65. The van der Waals surface area contributed by atoms with Gasteiger partial charge in [-0.05, 0) is 6.07 Å². The van der Waals surface area contributed by atoms with E-state index in [4.69, 9.17) is 14.4 Å². The largest absolute Gasteiger partial charge is 0.326 e. The molecule has 0 spiro atoms. The quantitative estimate of drug-likeness (QED) is 0.505. The Morgan fingerprint density at radius 1 is 1.50 bits per heavy atom. The first-order valence-corrected chi connectivity index (χ1v) is 3.39. The summed E-state index contributed by atoms with van der Waals surface area (Å²) in [6, 6.07) is 1.83. The fourth-order valence-electron chi connectivity index (χ4n) is 0.215. The van der Waals surface area contributed by atoms with Crippen molar-refractivity contribution in [1.82, 2.24) is 10.2 Å². The zero-order chi connectivity index (χ0) is 7.11. The maximum absolute atomic E-state index is 8.74. The van der Waals surface area contributed by atoms with E-state index in [1.54, 1.807) is 12.4 Å². The van der Waals surface area contributed by atoms with Gasteiger partial charge < -0.3 is 9.79 Å². The molecule has 1 rings (SSSR count). The normalized spacial score (nSPS) is 7.50. The summed E-state index contributed by atoms with van der Waals surface area (Å²) < 4.78 is 8.74. The smallest absolute Gasteiger partial charge is 0.314 e. The highest BCUT2D eigenvalue weighted by molar-refractivity contribution is 7.30. The summed E-state index contributed by atoms with van der Waals surface area (Å²) >= 11 is 0. The molecule has 1 heterocycles. The molecular weight excluding hydrogens is 178 g/mol. The Labute approximate surface area is 64.5 Å². The Balaban J connectivity index is 0. The van der Waals surface area contributed by atoms with Crippen molar-refractivity contribution in [2.24, 2.45) is 0 Å². The summed E-state index contributed by atoms with van der Waals surface area (Å²) in [5.74, 6) is 0. The van der Waals surface area contributed by atoms with Crippen LogP contribution < -0.4 is 0 Å². The van der Waals surface area contributed by atoms with E-state index < -0.39 is 8.25 Å². The van der Waals surface area contributed by atoms with Gasteiger partial charge in [-0.1, -0.05) is 0 Å². The van der Waals surface area contributed by atoms with Gasteiger partial charge in [-0.15, -0.1) is 12.4 Å². The summed E-state index contributed by atoms with van der Waals surface area (Å²) in [4.78, 5) is 14.3. The summed E-state index contributed by atoms with van der Waals surface area (Å²) in [7, 11) is -3.13. The maximum Gasteiger partial charge on any atom is 0.314 e. The highest BCUT2D eigenvalue weighted by atomic mass is 35.5. The molecule has 0 aliphatic rings. The minimum absolute atomic E-state index is 0. The number of nitrogens with one attached hydrogen (secondary N) is 1. The lowest BCUT2D eigenvalue weighted by Crippen LogP contribution is -1.53. The molecule has 7 heteroatoms. The Hall–Kier alpha value is -0.350. The first-order valence-electron chi connectivity index (χ1n) is 2.09. The van der Waals surface area contributed by atoms with Gasteiger partial charge in [-0.3, -0.25) is 9.66 Å². The topological polar surface area (TPSA) is 86.2 Å². The summed E-state index contributed by atoms with van der Waals surface area (Å²) in [6.45, 7) is 0. The molecule has 0 saturated heterocycles. The van der Waals surface area contributed by atoms with Gasteiger partial charge in [-0.25, -0.2) is 0 Å². The molecule has 0 saturated carbocycles. The molecule has 0 aromatic carbocycles. The molecule has 10 heavy (non-hydrogen) atoms. The maximum atomic E-state index is 8.74. The number of rotatable bonds is 0. The number of aromatic amines is 1. The Kier molecular flexibility index (Phi) is 10.7. The molecule has 60 valence electrons. The zero-order valence-corrected chi connectivity index (χ0v) is 6.71. The highest BCUT2D eigenvalue weighted by Crippen LogP contribution is 1.98. The van der Waals surface area contributed by atoms with Crippen molar-refractivity contribution in [2.75, 3.05) is 0 Å². The molecule has 0 unspecified atom stereocenters. The van der Waals surface area contributed by atoms with Crippen LogP contribution in [-0.2, 0) is 4.57 Å². The van der Waals surface area contributed by atoms with Crippen LogP contribution in [0.3, 0.4) is 0 Å². The average molecular weight is 187 g/mol. The third kappa shape index (κ3) is 15.6. The Morgan fingerprint density at radius 3 is 2.10 bits per heavy atom. The van der Waals surface area contributed by atoms with Crippen molar-refractivity contribution in [3.05, 3.63) is 18.5 Å². The van der Waals surface area contributed by atoms with Crippen LogP contribution in [0.5, 0.6) is 0 Å². The van der Waals surface area contributed by atoms with Gasteiger partial charge in [0.1, 0.15) is 0 Å². The minimum atomic E-state index is -3.13. The van der Waals surface area contributed by atoms with E-state index in [-0.39, 0.29) is 12.4 Å². The molecule has 0 aliphatic carbocycles. The summed E-state index contributed by atoms with van der Waals surface area (Å²) in [6.07, 6.45) is 3.46. The van der Waals surface area contributed by atoms with E-state index in [1.807, 2.05) is 6.07 Å². The second-order valence-corrected chi connectivity index (χ2v) is 1.61. The SMILES string of the molecule is Cl.O=[PH](O)O.c1cn[nH]c1. The van der Waals surface area contributed by atoms with Gasteiger partial charge >= 0.3 is 8.25 Å². The second-order valence-electron chi connectivity index (χ2n) is 1.05. The summed E-state index contributed by atoms with van der Waals surface area (Å²) in [5, 5.41) is 6.21. The molecule has 1 aromatic heterocycles. The molecule has 0 fully saturated rings. The third-order valence-corrected chi connectivity index (χ3v) is 0.406. The average Bonchev–Trinajstić information content (AvgIpc) is 2.11. The van der Waals surface area contributed by atoms with E-state index in [1.165, 1.54) is 0 Å². The van der Waals surface area contributed by atoms with E-state index in [0.717, 1.165) is 0 Å². The standard InChI is InChI=1S/C3H4N2.ClH.H3O3P/c1-2-4-5-3-1;;1-4(2)3/h1-3H,(H,4,5);1H;4H,(H2,1,2,3). The lowest BCUT2D eigenvalue weighted by atomic mass is 10.8. The first kappa shape index (κ1) is 12.3. The van der Waals surface area contributed by atoms with E-state index >= 15 is 0 Å². The van der Waals surface area contributed by atoms with Crippen LogP contribution in [-0.4, -0.2) is 20.0 Å². The van der Waals surface area contributed by atoms with Gasteiger partial charge in [0.25, 0.3) is 0 Å². The van der Waals surface area contributed by atoms with Gasteiger partial charge in [0.15, 0.2) is 0 Å². The predicted molar refractivity (Wildman–Crippen MR) is 39.3 cm³/mol. The number of nitrogens with zero attached hydrogens (tertiary/aromatic N) is 1. The van der Waals surface area contributed by atoms with Crippen LogP contribution in [0.2, 0.25) is 0 Å². The molecule has 0 atom stereocenters. The molecule has 1 aromatic rings. The van der Waals surface area contributed by atoms with Gasteiger partial charge in [0.05, 0.1) is 0 Å². The summed E-state index contributed by atoms with van der Waals surface area (Å²) in [5.41, 5.74) is 0. The van der Waals surface area contributed by atoms with Gasteiger partial charge in [-0.2, -0.15) is 5.10 Å². The Bertz CT molecular complexity index is 136. The van der Waals surface area contributed by atoms with Crippen LogP contribution in [0.15, 0.2) is 18.5 Å². The van der Waals surface area contributed by atoms with Crippen LogP contribution in [0.25, 0.3) is 0 Å². The zero-order valence-electron chi connectivity index (χ0n) is 4.89. The monoisotopic (exact) mass is 186 g/mol. The van der Waals surface area contributed by atoms with Crippen LogP contribution in [0.4, 0.5) is 0 Å². The highest BCUT2D eigenvalue weighted by Gasteiger charge is 1.61. The van der Waals surface area contributed by atoms with Crippen molar-refractivity contribution in [3.8, 4) is 0 Å².